The van der Waals surface area contributed by atoms with Crippen LogP contribution < -0.4 is 19.6 Å². The lowest BCUT2D eigenvalue weighted by Crippen LogP contribution is -2.32. The van der Waals surface area contributed by atoms with Crippen LogP contribution in [0.15, 0.2) is 76.7 Å². The minimum Gasteiger partial charge on any atom is -0.493 e. The quantitative estimate of drug-likeness (QED) is 0.205. The van der Waals surface area contributed by atoms with Gasteiger partial charge in [-0.1, -0.05) is 48.0 Å². The molecule has 0 spiro atoms. The van der Waals surface area contributed by atoms with Crippen molar-refractivity contribution in [3.8, 4) is 11.5 Å². The molecular weight excluding hydrogens is 581 g/mol. The molecule has 3 aromatic carbocycles. The summed E-state index contributed by atoms with van der Waals surface area (Å²) in [5.74, 6) is 0.708. The first-order valence-corrected chi connectivity index (χ1v) is 13.2. The fraction of sp³-hybridized carbons (Fsp3) is 0.200. The Morgan fingerprint density at radius 3 is 2.37 bits per heavy atom. The number of halogens is 1. The Morgan fingerprint density at radius 2 is 1.74 bits per heavy atom. The van der Waals surface area contributed by atoms with Gasteiger partial charge >= 0.3 is 0 Å². The van der Waals surface area contributed by atoms with Gasteiger partial charge < -0.3 is 9.47 Å². The van der Waals surface area contributed by atoms with Crippen molar-refractivity contribution in [3.63, 3.8) is 0 Å². The Bertz CT molecular complexity index is 1300. The lowest BCUT2D eigenvalue weighted by atomic mass is 10.0. The highest BCUT2D eigenvalue weighted by Crippen LogP contribution is 2.33. The molecule has 8 nitrogen and oxygen atoms in total. The van der Waals surface area contributed by atoms with Crippen LogP contribution in [0.4, 0.5) is 0 Å². The maximum absolute atomic E-state index is 13.0. The van der Waals surface area contributed by atoms with Gasteiger partial charge in [-0.05, 0) is 64.9 Å². The Labute approximate surface area is 218 Å². The number of methoxy groups -OCH3 is 2. The predicted molar refractivity (Wildman–Crippen MR) is 143 cm³/mol. The van der Waals surface area contributed by atoms with E-state index >= 15 is 0 Å². The third kappa shape index (κ3) is 7.26. The zero-order valence-corrected chi connectivity index (χ0v) is 22.5. The first-order chi connectivity index (χ1) is 16.7. The molecule has 35 heavy (non-hydrogen) atoms. The summed E-state index contributed by atoms with van der Waals surface area (Å²) in [7, 11) is -0.748. The first kappa shape index (κ1) is 26.6. The number of nitrogens with one attached hydrogen (secondary N) is 2. The van der Waals surface area contributed by atoms with Crippen LogP contribution in [-0.2, 0) is 14.8 Å². The molecule has 0 unspecified atom stereocenters. The molecule has 184 valence electrons. The number of hydrazone groups is 1. The largest absolute Gasteiger partial charge is 0.493 e. The zero-order chi connectivity index (χ0) is 25.4. The van der Waals surface area contributed by atoms with Crippen molar-refractivity contribution in [2.75, 3.05) is 14.2 Å². The molecule has 0 aliphatic carbocycles. The second-order valence-electron chi connectivity index (χ2n) is 7.63. The van der Waals surface area contributed by atoms with E-state index in [4.69, 9.17) is 9.47 Å². The van der Waals surface area contributed by atoms with Crippen molar-refractivity contribution in [2.45, 2.75) is 24.3 Å². The van der Waals surface area contributed by atoms with Crippen molar-refractivity contribution in [1.82, 2.24) is 10.1 Å². The molecule has 0 heterocycles. The summed E-state index contributed by atoms with van der Waals surface area (Å²) >= 11 is 2.12. The summed E-state index contributed by atoms with van der Waals surface area (Å²) in [6.45, 7) is 1.88. The van der Waals surface area contributed by atoms with Gasteiger partial charge in [0.1, 0.15) is 0 Å². The number of ether oxygens (including phenoxy) is 2. The number of rotatable bonds is 10. The Morgan fingerprint density at radius 1 is 1.06 bits per heavy atom. The fourth-order valence-corrected chi connectivity index (χ4v) is 5.38. The van der Waals surface area contributed by atoms with E-state index in [0.29, 0.717) is 22.6 Å². The average molecular weight is 607 g/mol. The van der Waals surface area contributed by atoms with E-state index in [1.165, 1.54) is 25.5 Å². The second-order valence-corrected chi connectivity index (χ2v) is 10.5. The molecule has 0 saturated heterocycles. The monoisotopic (exact) mass is 607 g/mol. The van der Waals surface area contributed by atoms with E-state index < -0.39 is 22.0 Å². The van der Waals surface area contributed by atoms with Crippen LogP contribution in [0.5, 0.6) is 11.5 Å². The zero-order valence-electron chi connectivity index (χ0n) is 19.5. The SMILES string of the molecule is COc1cc(/C=N\NC(=O)C[C@H](NS(=O)(=O)c2ccc(C)cc2)c2ccccc2)cc(I)c1OC. The predicted octanol–water partition coefficient (Wildman–Crippen LogP) is 4.18. The number of hydrogen-bond donors (Lipinski definition) is 2. The average Bonchev–Trinajstić information content (AvgIpc) is 2.84. The lowest BCUT2D eigenvalue weighted by molar-refractivity contribution is -0.121. The molecule has 0 bridgehead atoms. The minimum atomic E-state index is -3.85. The summed E-state index contributed by atoms with van der Waals surface area (Å²) in [6.07, 6.45) is 1.34. The number of aryl methyl sites for hydroxylation is 1. The number of carbonyl (C=O) groups is 1. The fourth-order valence-electron chi connectivity index (χ4n) is 3.31. The topological polar surface area (TPSA) is 106 Å². The normalized spacial score (nSPS) is 12.3. The van der Waals surface area contributed by atoms with Crippen LogP contribution >= 0.6 is 22.6 Å². The smallest absolute Gasteiger partial charge is 0.242 e. The van der Waals surface area contributed by atoms with Gasteiger partial charge in [-0.25, -0.2) is 18.6 Å². The Kier molecular flexibility index (Phi) is 9.24. The molecule has 1 amide bonds. The Hall–Kier alpha value is -2.96. The summed E-state index contributed by atoms with van der Waals surface area (Å²) in [6, 6.07) is 18.3. The molecule has 2 N–H and O–H groups in total. The van der Waals surface area contributed by atoms with Gasteiger partial charge in [0.25, 0.3) is 0 Å². The molecule has 10 heteroatoms. The van der Waals surface area contributed by atoms with Crippen molar-refractivity contribution in [3.05, 3.63) is 87.0 Å². The molecule has 0 saturated carbocycles. The van der Waals surface area contributed by atoms with Crippen LogP contribution in [0.1, 0.15) is 29.2 Å². The van der Waals surface area contributed by atoms with Crippen molar-refractivity contribution < 1.29 is 22.7 Å². The second kappa shape index (κ2) is 12.1. The van der Waals surface area contributed by atoms with E-state index in [2.05, 4.69) is 37.8 Å². The third-order valence-electron chi connectivity index (χ3n) is 5.08. The number of amides is 1. The molecule has 0 radical (unpaired) electrons. The summed E-state index contributed by atoms with van der Waals surface area (Å²) < 4.78 is 40.0. The van der Waals surface area contributed by atoms with E-state index in [-0.39, 0.29) is 11.3 Å². The van der Waals surface area contributed by atoms with Gasteiger partial charge in [0.05, 0.1) is 34.9 Å². The van der Waals surface area contributed by atoms with Crippen LogP contribution in [0, 0.1) is 10.5 Å². The first-order valence-electron chi connectivity index (χ1n) is 10.6. The van der Waals surface area contributed by atoms with E-state index in [1.807, 2.05) is 19.1 Å². The van der Waals surface area contributed by atoms with Gasteiger partial charge in [0, 0.05) is 6.42 Å². The molecule has 0 aromatic heterocycles. The van der Waals surface area contributed by atoms with Gasteiger partial charge in [0.2, 0.25) is 15.9 Å². The molecule has 0 aliphatic heterocycles. The van der Waals surface area contributed by atoms with Gasteiger partial charge in [-0.2, -0.15) is 5.10 Å². The molecule has 3 aromatic rings. The van der Waals surface area contributed by atoms with Crippen LogP contribution in [0.2, 0.25) is 0 Å². The van der Waals surface area contributed by atoms with E-state index in [1.54, 1.807) is 49.6 Å². The Balaban J connectivity index is 1.74. The van der Waals surface area contributed by atoms with Crippen molar-refractivity contribution in [2.24, 2.45) is 5.10 Å². The van der Waals surface area contributed by atoms with E-state index in [9.17, 15) is 13.2 Å². The highest BCUT2D eigenvalue weighted by atomic mass is 127. The number of sulfonamides is 1. The minimum absolute atomic E-state index is 0.130. The highest BCUT2D eigenvalue weighted by Gasteiger charge is 2.23. The summed E-state index contributed by atoms with van der Waals surface area (Å²) in [5, 5.41) is 4.02. The van der Waals surface area contributed by atoms with Crippen LogP contribution in [0.25, 0.3) is 0 Å². The van der Waals surface area contributed by atoms with Crippen LogP contribution in [0.3, 0.4) is 0 Å². The number of hydrogen-bond acceptors (Lipinski definition) is 6. The standard InChI is InChI=1S/C25H26IN3O5S/c1-17-9-11-20(12-10-17)35(31,32)29-22(19-7-5-4-6-8-19)15-24(30)28-27-16-18-13-21(26)25(34-3)23(14-18)33-2/h4-14,16,22,29H,15H2,1-3H3,(H,28,30)/b27-16-/t22-/m0/s1. The molecule has 0 fully saturated rings. The molecule has 1 atom stereocenters. The summed E-state index contributed by atoms with van der Waals surface area (Å²) in [5.41, 5.74) is 4.78. The molecular formula is C25H26IN3O5S. The summed E-state index contributed by atoms with van der Waals surface area (Å²) in [4.78, 5) is 12.8. The van der Waals surface area contributed by atoms with E-state index in [0.717, 1.165) is 9.13 Å². The van der Waals surface area contributed by atoms with Gasteiger partial charge in [-0.3, -0.25) is 4.79 Å². The lowest BCUT2D eigenvalue weighted by Gasteiger charge is -2.18. The van der Waals surface area contributed by atoms with Gasteiger partial charge in [0.15, 0.2) is 11.5 Å². The maximum Gasteiger partial charge on any atom is 0.242 e. The van der Waals surface area contributed by atoms with Crippen molar-refractivity contribution in [1.29, 1.82) is 0 Å². The highest BCUT2D eigenvalue weighted by molar-refractivity contribution is 14.1. The number of benzene rings is 3. The van der Waals surface area contributed by atoms with Gasteiger partial charge in [-0.15, -0.1) is 0 Å². The number of nitrogens with zero attached hydrogens (tertiary/aromatic N) is 1. The maximum atomic E-state index is 13.0. The number of carbonyl (C=O) groups excluding carboxylic acids is 1. The molecule has 3 rings (SSSR count). The molecule has 0 aliphatic rings. The van der Waals surface area contributed by atoms with Crippen molar-refractivity contribution >= 4 is 44.7 Å². The van der Waals surface area contributed by atoms with Crippen LogP contribution in [-0.4, -0.2) is 34.8 Å². The third-order valence-corrected chi connectivity index (χ3v) is 7.37.